The lowest BCUT2D eigenvalue weighted by Gasteiger charge is -2.40. The maximum absolute atomic E-state index is 13.1. The molecule has 2 aliphatic rings. The predicted molar refractivity (Wildman–Crippen MR) is 111 cm³/mol. The minimum Gasteiger partial charge on any atom is -0.351 e. The molecule has 1 atom stereocenters. The van der Waals surface area contributed by atoms with Gasteiger partial charge in [-0.15, -0.1) is 0 Å². The molecule has 1 saturated heterocycles. The number of benzene rings is 1. The highest BCUT2D eigenvalue weighted by molar-refractivity contribution is 5.82. The lowest BCUT2D eigenvalue weighted by Crippen LogP contribution is -2.59. The summed E-state index contributed by atoms with van der Waals surface area (Å²) < 4.78 is 0. The summed E-state index contributed by atoms with van der Waals surface area (Å²) in [6.07, 6.45) is 4.67. The first-order valence-corrected chi connectivity index (χ1v) is 10.7. The summed E-state index contributed by atoms with van der Waals surface area (Å²) in [7, 11) is 0. The molecule has 1 aromatic carbocycles. The maximum atomic E-state index is 13.1. The molecule has 1 aromatic rings. The highest BCUT2D eigenvalue weighted by Gasteiger charge is 2.37. The van der Waals surface area contributed by atoms with Crippen molar-refractivity contribution < 1.29 is 9.59 Å². The summed E-state index contributed by atoms with van der Waals surface area (Å²) in [4.78, 5) is 29.5. The van der Waals surface area contributed by atoms with Crippen LogP contribution >= 0.6 is 0 Å². The molecular formula is C22H34N4O2. The number of carbonyl (C=O) groups excluding carboxylic acids is 2. The van der Waals surface area contributed by atoms with Gasteiger partial charge < -0.3 is 15.5 Å². The van der Waals surface area contributed by atoms with Crippen molar-refractivity contribution in [3.63, 3.8) is 0 Å². The van der Waals surface area contributed by atoms with Crippen molar-refractivity contribution >= 4 is 11.9 Å². The Kier molecular flexibility index (Phi) is 7.31. The van der Waals surface area contributed by atoms with Gasteiger partial charge in [0.25, 0.3) is 0 Å². The van der Waals surface area contributed by atoms with Crippen LogP contribution in [0.25, 0.3) is 0 Å². The molecule has 0 radical (unpaired) electrons. The van der Waals surface area contributed by atoms with Gasteiger partial charge in [-0.2, -0.15) is 0 Å². The SMILES string of the molecule is CC(C)NC(=O)N1CCN([C@@H](C(=O)NCc2ccccc2)C2CCCC2)CC1. The molecule has 6 nitrogen and oxygen atoms in total. The normalized spacial score (nSPS) is 19.6. The zero-order valence-electron chi connectivity index (χ0n) is 17.2. The summed E-state index contributed by atoms with van der Waals surface area (Å²) in [6.45, 7) is 7.38. The number of rotatable bonds is 6. The van der Waals surface area contributed by atoms with Gasteiger partial charge >= 0.3 is 6.03 Å². The first kappa shape index (κ1) is 20.6. The monoisotopic (exact) mass is 386 g/mol. The predicted octanol–water partition coefficient (Wildman–Crippen LogP) is 2.60. The van der Waals surface area contributed by atoms with E-state index in [2.05, 4.69) is 15.5 Å². The molecule has 0 unspecified atom stereocenters. The third-order valence-corrected chi connectivity index (χ3v) is 5.83. The Morgan fingerprint density at radius 1 is 1.04 bits per heavy atom. The molecule has 0 spiro atoms. The number of nitrogens with zero attached hydrogens (tertiary/aromatic N) is 2. The number of piperazine rings is 1. The third-order valence-electron chi connectivity index (χ3n) is 5.83. The summed E-state index contributed by atoms with van der Waals surface area (Å²) in [5, 5.41) is 6.12. The van der Waals surface area contributed by atoms with Crippen LogP contribution in [0.4, 0.5) is 4.79 Å². The molecule has 1 aliphatic carbocycles. The molecule has 3 rings (SSSR count). The molecule has 28 heavy (non-hydrogen) atoms. The van der Waals surface area contributed by atoms with E-state index in [0.29, 0.717) is 25.6 Å². The van der Waals surface area contributed by atoms with E-state index in [1.165, 1.54) is 12.8 Å². The zero-order valence-corrected chi connectivity index (χ0v) is 17.2. The van der Waals surface area contributed by atoms with Gasteiger partial charge in [-0.25, -0.2) is 4.79 Å². The molecule has 3 amide bonds. The van der Waals surface area contributed by atoms with Crippen molar-refractivity contribution in [2.75, 3.05) is 26.2 Å². The van der Waals surface area contributed by atoms with Gasteiger partial charge in [0.05, 0.1) is 6.04 Å². The van der Waals surface area contributed by atoms with Gasteiger partial charge in [0.2, 0.25) is 5.91 Å². The van der Waals surface area contributed by atoms with E-state index in [0.717, 1.165) is 31.5 Å². The molecule has 154 valence electrons. The van der Waals surface area contributed by atoms with Gasteiger partial charge in [-0.3, -0.25) is 9.69 Å². The van der Waals surface area contributed by atoms with E-state index in [4.69, 9.17) is 0 Å². The molecule has 0 bridgehead atoms. The van der Waals surface area contributed by atoms with Crippen molar-refractivity contribution in [3.05, 3.63) is 35.9 Å². The quantitative estimate of drug-likeness (QED) is 0.790. The van der Waals surface area contributed by atoms with Crippen LogP contribution in [-0.2, 0) is 11.3 Å². The maximum Gasteiger partial charge on any atom is 0.317 e. The van der Waals surface area contributed by atoms with Gasteiger partial charge in [0, 0.05) is 38.8 Å². The second-order valence-electron chi connectivity index (χ2n) is 8.32. The minimum absolute atomic E-state index is 0.000551. The lowest BCUT2D eigenvalue weighted by atomic mass is 9.95. The number of hydrogen-bond donors (Lipinski definition) is 2. The Morgan fingerprint density at radius 3 is 2.29 bits per heavy atom. The number of amides is 3. The number of nitrogens with one attached hydrogen (secondary N) is 2. The molecule has 2 N–H and O–H groups in total. The minimum atomic E-state index is -0.0819. The average Bonchev–Trinajstić information content (AvgIpc) is 3.21. The van der Waals surface area contributed by atoms with Crippen LogP contribution in [0.3, 0.4) is 0 Å². The van der Waals surface area contributed by atoms with Crippen LogP contribution in [0.1, 0.15) is 45.1 Å². The van der Waals surface area contributed by atoms with Crippen LogP contribution in [0.15, 0.2) is 30.3 Å². The second-order valence-corrected chi connectivity index (χ2v) is 8.32. The second kappa shape index (κ2) is 9.92. The lowest BCUT2D eigenvalue weighted by molar-refractivity contribution is -0.129. The highest BCUT2D eigenvalue weighted by Crippen LogP contribution is 2.31. The molecule has 6 heteroatoms. The van der Waals surface area contributed by atoms with E-state index < -0.39 is 0 Å². The highest BCUT2D eigenvalue weighted by atomic mass is 16.2. The van der Waals surface area contributed by atoms with Crippen molar-refractivity contribution in [2.24, 2.45) is 5.92 Å². The fourth-order valence-electron chi connectivity index (χ4n) is 4.38. The molecular weight excluding hydrogens is 352 g/mol. The van der Waals surface area contributed by atoms with Crippen molar-refractivity contribution in [1.29, 1.82) is 0 Å². The molecule has 1 aliphatic heterocycles. The van der Waals surface area contributed by atoms with Crippen LogP contribution in [0, 0.1) is 5.92 Å². The summed E-state index contributed by atoms with van der Waals surface area (Å²) in [6, 6.07) is 10.1. The number of urea groups is 1. The standard InChI is InChI=1S/C22H34N4O2/c1-17(2)24-22(28)26-14-12-25(13-15-26)20(19-10-6-7-11-19)21(27)23-16-18-8-4-3-5-9-18/h3-5,8-9,17,19-20H,6-7,10-16H2,1-2H3,(H,23,27)(H,24,28)/t20-/m1/s1. The van der Waals surface area contributed by atoms with Crippen LogP contribution in [0.2, 0.25) is 0 Å². The smallest absolute Gasteiger partial charge is 0.317 e. The summed E-state index contributed by atoms with van der Waals surface area (Å²) in [5.74, 6) is 0.558. The van der Waals surface area contributed by atoms with E-state index >= 15 is 0 Å². The molecule has 1 heterocycles. The molecule has 2 fully saturated rings. The largest absolute Gasteiger partial charge is 0.351 e. The average molecular weight is 387 g/mol. The van der Waals surface area contributed by atoms with Crippen molar-refractivity contribution in [3.8, 4) is 0 Å². The van der Waals surface area contributed by atoms with E-state index in [1.54, 1.807) is 0 Å². The van der Waals surface area contributed by atoms with Crippen molar-refractivity contribution in [2.45, 2.75) is 58.2 Å². The van der Waals surface area contributed by atoms with Gasteiger partial charge in [0.15, 0.2) is 0 Å². The summed E-state index contributed by atoms with van der Waals surface area (Å²) in [5.41, 5.74) is 1.12. The fourth-order valence-corrected chi connectivity index (χ4v) is 4.38. The number of hydrogen-bond acceptors (Lipinski definition) is 3. The summed E-state index contributed by atoms with van der Waals surface area (Å²) >= 11 is 0. The first-order chi connectivity index (χ1) is 13.5. The van der Waals surface area contributed by atoms with E-state index in [9.17, 15) is 9.59 Å². The Hall–Kier alpha value is -2.08. The molecule has 0 aromatic heterocycles. The Balaban J connectivity index is 1.59. The van der Waals surface area contributed by atoms with Gasteiger partial charge in [-0.05, 0) is 38.2 Å². The third kappa shape index (κ3) is 5.47. The zero-order chi connectivity index (χ0) is 19.9. The van der Waals surface area contributed by atoms with Crippen LogP contribution in [-0.4, -0.2) is 60.0 Å². The van der Waals surface area contributed by atoms with Crippen LogP contribution in [0.5, 0.6) is 0 Å². The van der Waals surface area contributed by atoms with Gasteiger partial charge in [-0.1, -0.05) is 43.2 Å². The Morgan fingerprint density at radius 2 is 1.68 bits per heavy atom. The first-order valence-electron chi connectivity index (χ1n) is 10.7. The van der Waals surface area contributed by atoms with E-state index in [-0.39, 0.29) is 24.0 Å². The topological polar surface area (TPSA) is 64.7 Å². The Bertz CT molecular complexity index is 635. The van der Waals surface area contributed by atoms with Crippen LogP contribution < -0.4 is 10.6 Å². The fraction of sp³-hybridized carbons (Fsp3) is 0.636. The van der Waals surface area contributed by atoms with Gasteiger partial charge in [0.1, 0.15) is 0 Å². The molecule has 1 saturated carbocycles. The van der Waals surface area contributed by atoms with E-state index in [1.807, 2.05) is 49.1 Å². The Labute approximate surface area is 168 Å². The van der Waals surface area contributed by atoms with Crippen molar-refractivity contribution in [1.82, 2.24) is 20.4 Å². The number of carbonyl (C=O) groups is 2.